The van der Waals surface area contributed by atoms with Crippen molar-refractivity contribution in [2.24, 2.45) is 0 Å². The lowest BCUT2D eigenvalue weighted by atomic mass is 9.97. The van der Waals surface area contributed by atoms with Crippen LogP contribution >= 0.6 is 7.14 Å². The number of nitrogens with zero attached hydrogens (tertiary/aromatic N) is 5. The molecule has 2 aromatic heterocycles. The zero-order chi connectivity index (χ0) is 27.2. The van der Waals surface area contributed by atoms with Gasteiger partial charge in [-0.3, -0.25) is 0 Å². The topological polar surface area (TPSA) is 74.8 Å². The Balaban J connectivity index is 1.46. The number of aromatic nitrogens is 5. The molecule has 2 atom stereocenters. The van der Waals surface area contributed by atoms with Crippen molar-refractivity contribution in [2.75, 3.05) is 13.3 Å². The molecular formula is C27H20F4N5O2P. The molecule has 0 saturated heterocycles. The number of halogens is 4. The van der Waals surface area contributed by atoms with Crippen LogP contribution in [0.2, 0.25) is 0 Å². The van der Waals surface area contributed by atoms with Gasteiger partial charge in [-0.15, -0.1) is 0 Å². The largest absolute Gasteiger partial charge is 0.434 e. The van der Waals surface area contributed by atoms with Gasteiger partial charge in [-0.05, 0) is 43.2 Å². The second kappa shape index (κ2) is 8.26. The van der Waals surface area contributed by atoms with Gasteiger partial charge in [0.2, 0.25) is 0 Å². The summed E-state index contributed by atoms with van der Waals surface area (Å²) in [6.07, 6.45) is 1.88. The summed E-state index contributed by atoms with van der Waals surface area (Å²) in [5, 5.41) is 4.27. The molecule has 5 aromatic rings. The van der Waals surface area contributed by atoms with Crippen LogP contribution in [0.4, 0.5) is 17.6 Å². The molecule has 198 valence electrons. The van der Waals surface area contributed by atoms with Crippen LogP contribution in [-0.2, 0) is 4.57 Å². The van der Waals surface area contributed by atoms with E-state index in [-0.39, 0.29) is 22.7 Å². The third kappa shape index (κ3) is 3.49. The first-order valence-corrected chi connectivity index (χ1v) is 14.8. The zero-order valence-electron chi connectivity index (χ0n) is 20.6. The van der Waals surface area contributed by atoms with E-state index in [1.54, 1.807) is 35.0 Å². The Morgan fingerprint density at radius 1 is 1.03 bits per heavy atom. The molecular weight excluding hydrogens is 533 g/mol. The van der Waals surface area contributed by atoms with Crippen molar-refractivity contribution in [3.05, 3.63) is 77.9 Å². The van der Waals surface area contributed by atoms with Gasteiger partial charge in [-0.1, -0.05) is 24.3 Å². The molecule has 39 heavy (non-hydrogen) atoms. The van der Waals surface area contributed by atoms with Gasteiger partial charge in [0.1, 0.15) is 31.1 Å². The second-order valence-electron chi connectivity index (χ2n) is 10.0. The lowest BCUT2D eigenvalue weighted by Crippen LogP contribution is -2.14. The SMILES string of the molecule is CP(C)(=O)c1ccc(-c2ccc3nc4n(c3c2)[C@@H]2C[C@H]4n3ncnc3-c3cccc(OC(F)F)c32)c(F)c1F. The van der Waals surface area contributed by atoms with Crippen LogP contribution < -0.4 is 10.0 Å². The molecule has 0 saturated carbocycles. The summed E-state index contributed by atoms with van der Waals surface area (Å²) < 4.78 is 78.0. The van der Waals surface area contributed by atoms with Gasteiger partial charge in [0.25, 0.3) is 0 Å². The van der Waals surface area contributed by atoms with Gasteiger partial charge >= 0.3 is 6.61 Å². The fourth-order valence-corrected chi connectivity index (χ4v) is 6.86. The number of hydrogen-bond donors (Lipinski definition) is 0. The number of hydrogen-bond acceptors (Lipinski definition) is 5. The Hall–Kier alpha value is -3.98. The van der Waals surface area contributed by atoms with E-state index in [0.717, 1.165) is 0 Å². The summed E-state index contributed by atoms with van der Waals surface area (Å²) in [7, 11) is -3.03. The first-order valence-electron chi connectivity index (χ1n) is 12.2. The molecule has 7 rings (SSSR count). The molecule has 0 N–H and O–H groups in total. The van der Waals surface area contributed by atoms with Crippen LogP contribution in [0.25, 0.3) is 33.5 Å². The van der Waals surface area contributed by atoms with E-state index in [4.69, 9.17) is 9.72 Å². The monoisotopic (exact) mass is 553 g/mol. The predicted octanol–water partition coefficient (Wildman–Crippen LogP) is 5.99. The Kier molecular flexibility index (Phi) is 5.10. The molecule has 2 aliphatic heterocycles. The molecule has 7 nitrogen and oxygen atoms in total. The van der Waals surface area contributed by atoms with Crippen molar-refractivity contribution in [1.82, 2.24) is 24.3 Å². The van der Waals surface area contributed by atoms with Crippen LogP contribution in [0, 0.1) is 11.6 Å². The Bertz CT molecular complexity index is 1860. The first kappa shape index (κ1) is 24.1. The third-order valence-electron chi connectivity index (χ3n) is 7.45. The van der Waals surface area contributed by atoms with E-state index in [1.807, 2.05) is 4.57 Å². The van der Waals surface area contributed by atoms with Crippen molar-refractivity contribution in [2.45, 2.75) is 25.1 Å². The molecule has 4 heterocycles. The van der Waals surface area contributed by atoms with E-state index in [2.05, 4.69) is 10.1 Å². The maximum Gasteiger partial charge on any atom is 0.387 e. The molecule has 0 spiro atoms. The molecule has 2 bridgehead atoms. The van der Waals surface area contributed by atoms with E-state index >= 15 is 4.39 Å². The lowest BCUT2D eigenvalue weighted by molar-refractivity contribution is -0.0506. The predicted molar refractivity (Wildman–Crippen MR) is 137 cm³/mol. The van der Waals surface area contributed by atoms with Gasteiger partial charge in [0.15, 0.2) is 17.5 Å². The van der Waals surface area contributed by atoms with Crippen molar-refractivity contribution in [3.8, 4) is 28.3 Å². The Morgan fingerprint density at radius 3 is 2.62 bits per heavy atom. The van der Waals surface area contributed by atoms with Crippen LogP contribution in [0.15, 0.2) is 54.9 Å². The maximum atomic E-state index is 15.2. The van der Waals surface area contributed by atoms with Crippen LogP contribution in [0.5, 0.6) is 5.75 Å². The highest BCUT2D eigenvalue weighted by atomic mass is 31.2. The van der Waals surface area contributed by atoms with Crippen molar-refractivity contribution in [3.63, 3.8) is 0 Å². The zero-order valence-corrected chi connectivity index (χ0v) is 21.5. The summed E-state index contributed by atoms with van der Waals surface area (Å²) in [4.78, 5) is 9.22. The molecule has 0 unspecified atom stereocenters. The van der Waals surface area contributed by atoms with Crippen LogP contribution in [0.3, 0.4) is 0 Å². The fourth-order valence-electron chi connectivity index (χ4n) is 5.85. The highest BCUT2D eigenvalue weighted by molar-refractivity contribution is 7.70. The summed E-state index contributed by atoms with van der Waals surface area (Å²) in [6, 6.07) is 12.0. The first-order chi connectivity index (χ1) is 18.6. The minimum Gasteiger partial charge on any atom is -0.434 e. The van der Waals surface area contributed by atoms with Crippen molar-refractivity contribution >= 4 is 23.5 Å². The highest BCUT2D eigenvalue weighted by Gasteiger charge is 2.43. The van der Waals surface area contributed by atoms with E-state index in [9.17, 15) is 17.7 Å². The van der Waals surface area contributed by atoms with Crippen LogP contribution in [0.1, 0.15) is 29.9 Å². The molecule has 0 radical (unpaired) electrons. The molecule has 0 aliphatic carbocycles. The summed E-state index contributed by atoms with van der Waals surface area (Å²) in [5.74, 6) is -1.01. The third-order valence-corrected chi connectivity index (χ3v) is 8.96. The average Bonchev–Trinajstić information content (AvgIpc) is 3.56. The van der Waals surface area contributed by atoms with E-state index < -0.39 is 31.4 Å². The summed E-state index contributed by atoms with van der Waals surface area (Å²) >= 11 is 0. The fraction of sp³-hybridized carbons (Fsp3) is 0.222. The van der Waals surface area contributed by atoms with Crippen LogP contribution in [-0.4, -0.2) is 44.3 Å². The normalized spacial score (nSPS) is 17.7. The molecule has 0 amide bonds. The standard InChI is InChI=1S/C27H20F4N5O2P/c1-39(2,37)21-9-7-14(23(28)24(21)29)13-6-8-16-17(10-13)35-18-11-19(26(35)34-16)36-25(32-12-33-36)15-4-3-5-20(22(15)18)38-27(30)31/h3-10,12,18-19,27H,11H2,1-2H3/t18-,19-/m1/s1. The summed E-state index contributed by atoms with van der Waals surface area (Å²) in [6.45, 7) is -0.253. The highest BCUT2D eigenvalue weighted by Crippen LogP contribution is 2.51. The van der Waals surface area contributed by atoms with Gasteiger partial charge in [0.05, 0.1) is 22.4 Å². The lowest BCUT2D eigenvalue weighted by Gasteiger charge is -2.21. The average molecular weight is 553 g/mol. The summed E-state index contributed by atoms with van der Waals surface area (Å²) in [5.41, 5.74) is 2.78. The minimum absolute atomic E-state index is 0.0148. The number of benzene rings is 3. The van der Waals surface area contributed by atoms with Crippen molar-refractivity contribution in [1.29, 1.82) is 0 Å². The van der Waals surface area contributed by atoms with E-state index in [1.165, 1.54) is 37.9 Å². The van der Waals surface area contributed by atoms with E-state index in [0.29, 0.717) is 45.8 Å². The second-order valence-corrected chi connectivity index (χ2v) is 13.2. The van der Waals surface area contributed by atoms with Gasteiger partial charge in [-0.2, -0.15) is 13.9 Å². The van der Waals surface area contributed by atoms with Crippen molar-refractivity contribution < 1.29 is 26.9 Å². The Labute approximate surface area is 219 Å². The smallest absolute Gasteiger partial charge is 0.387 e. The molecule has 2 aliphatic rings. The number of alkyl halides is 2. The quantitative estimate of drug-likeness (QED) is 0.202. The van der Waals surface area contributed by atoms with Gasteiger partial charge < -0.3 is 13.9 Å². The number of rotatable bonds is 4. The molecule has 12 heteroatoms. The minimum atomic E-state index is -3.03. The molecule has 0 fully saturated rings. The number of imidazole rings is 1. The maximum absolute atomic E-state index is 15.2. The number of ether oxygens (including phenoxy) is 1. The number of fused-ring (bicyclic) bond motifs is 6. The Morgan fingerprint density at radius 2 is 1.85 bits per heavy atom. The van der Waals surface area contributed by atoms with Gasteiger partial charge in [0, 0.05) is 23.1 Å². The molecule has 3 aromatic carbocycles. The van der Waals surface area contributed by atoms with Gasteiger partial charge in [-0.25, -0.2) is 23.4 Å².